The highest BCUT2D eigenvalue weighted by atomic mass is 16.7. The number of allylic oxidation sites excluding steroid dienone is 1. The topological polar surface area (TPSA) is 73.6 Å². The van der Waals surface area contributed by atoms with E-state index >= 15 is 0 Å². The van der Waals surface area contributed by atoms with E-state index in [4.69, 9.17) is 15.2 Å². The molecule has 1 aliphatic heterocycles. The highest BCUT2D eigenvalue weighted by molar-refractivity contribution is 5.94. The molecule has 5 heteroatoms. The van der Waals surface area contributed by atoms with Crippen molar-refractivity contribution in [3.63, 3.8) is 0 Å². The van der Waals surface area contributed by atoms with Gasteiger partial charge in [-0.05, 0) is 120 Å². The summed E-state index contributed by atoms with van der Waals surface area (Å²) in [5, 5.41) is 2.95. The number of nitrogens with one attached hydrogen (secondary N) is 1. The molecule has 0 aliphatic carbocycles. The van der Waals surface area contributed by atoms with Crippen LogP contribution in [-0.4, -0.2) is 37.0 Å². The van der Waals surface area contributed by atoms with E-state index in [1.807, 2.05) is 24.3 Å². The van der Waals surface area contributed by atoms with Crippen LogP contribution in [0.15, 0.2) is 50.6 Å². The van der Waals surface area contributed by atoms with Crippen LogP contribution in [0, 0.1) is 160 Å². The SMILES string of the molecule is C=CCC1O[C@H](OC[C@H](NC(=O)C#CC#CC#CC#CC#CC#CC#CC#CC#CC#CC#CC#CC)[C@H](N)CCCCCCCCCCCCCC)C(C=C)[C@@H](C=C)[C@H]1C=C.[HH].[HH].[HH].[HH].[HH].[HH].[HH].[HH].[HH].[HH].[HH].[HH].[HH].[HH].[HH].[HH].[HH].[HH].[HH].[HH].[HH].[HH].[HH].[HH]. The van der Waals surface area contributed by atoms with E-state index in [0.29, 0.717) is 6.42 Å². The molecule has 62 heavy (non-hydrogen) atoms. The molecule has 0 saturated carbocycles. The summed E-state index contributed by atoms with van der Waals surface area (Å²) < 4.78 is 12.8. The molecule has 5 nitrogen and oxygen atoms in total. The summed E-state index contributed by atoms with van der Waals surface area (Å²) in [5.74, 6) is 60.3. The molecule has 1 fully saturated rings. The Bertz CT molecular complexity index is 2350. The van der Waals surface area contributed by atoms with E-state index < -0.39 is 18.2 Å². The maximum absolute atomic E-state index is 13.0. The predicted octanol–water partition coefficient (Wildman–Crippen LogP) is 13.6. The van der Waals surface area contributed by atoms with Crippen molar-refractivity contribution in [2.45, 2.75) is 128 Å². The summed E-state index contributed by atoms with van der Waals surface area (Å²) >= 11 is 0. The Morgan fingerprint density at radius 1 is 0.613 bits per heavy atom. The van der Waals surface area contributed by atoms with E-state index in [-0.39, 0.29) is 70.7 Å². The quantitative estimate of drug-likeness (QED) is 0.0610. The molecule has 7 atom stereocenters. The number of rotatable bonds is 23. The number of carbonyl (C=O) groups is 1. The fourth-order valence-electron chi connectivity index (χ4n) is 6.33. The zero-order valence-corrected chi connectivity index (χ0v) is 36.6. The first-order valence-electron chi connectivity index (χ1n) is 21.2. The molecule has 0 bridgehead atoms. The first kappa shape index (κ1) is 53.0. The molecule has 0 aromatic rings. The Kier molecular flexibility index (Phi) is 32.7. The summed E-state index contributed by atoms with van der Waals surface area (Å²) in [4.78, 5) is 13.0. The Balaban J connectivity index is -0.0000000728. The Labute approximate surface area is 410 Å². The fourth-order valence-corrected chi connectivity index (χ4v) is 6.33. The van der Waals surface area contributed by atoms with Crippen LogP contribution in [0.4, 0.5) is 0 Å². The normalized spacial score (nSPS) is 16.7. The maximum Gasteiger partial charge on any atom is 0.297 e. The largest absolute Gasteiger partial charge is 0.350 e. The molecule has 0 radical (unpaired) electrons. The van der Waals surface area contributed by atoms with Crippen molar-refractivity contribution in [3.8, 4) is 142 Å². The molecule has 1 saturated heterocycles. The predicted molar refractivity (Wildman–Crippen MR) is 306 cm³/mol. The van der Waals surface area contributed by atoms with E-state index in [0.717, 1.165) is 19.3 Å². The average Bonchev–Trinajstić information content (AvgIpc) is 3.28. The first-order chi connectivity index (χ1) is 30.5. The monoisotopic (exact) mass is 867 g/mol. The Hall–Kier alpha value is -6.97. The standard InChI is InChI=1S/C57H58N2O3.24H2/c1-7-13-15-17-19-21-23-25-26-27-28-29-30-31-32-33-34-35-37-39-41-43-45-48-56(60)59-54(53(58)47-44-42-40-38-36-24-22-20-18-16-14-8-2)49-61-57-52(12-6)50(10-4)51(11-5)55(62-57)46-9-3;;;;;;;;;;;;;;;;;;;;;;;;/h9-12,50-55,57H,3-6,8,14,16,18,20,22,24,36,38,40,42,44,46-47,49,58H2,1-2H3,(H,59,60);24*1H/t50-,51+,52?,53+,54-,55?,57-;;;;;;;;;;;;;;;;;;;;;;;;/m0......................../s1. The minimum Gasteiger partial charge on any atom is -0.350 e. The zero-order chi connectivity index (χ0) is 45.1. The minimum absolute atomic E-state index is 0. The van der Waals surface area contributed by atoms with E-state index in [2.05, 4.69) is 181 Å². The molecule has 1 amide bonds. The summed E-state index contributed by atoms with van der Waals surface area (Å²) in [6.07, 6.45) is 23.0. The summed E-state index contributed by atoms with van der Waals surface area (Å²) in [6, 6.07) is -0.884. The van der Waals surface area contributed by atoms with Crippen LogP contribution in [0.1, 0.15) is 138 Å². The van der Waals surface area contributed by atoms with Gasteiger partial charge in [0.1, 0.15) is 0 Å². The molecule has 0 aromatic heterocycles. The second-order valence-corrected chi connectivity index (χ2v) is 13.9. The van der Waals surface area contributed by atoms with Gasteiger partial charge in [0.25, 0.3) is 5.91 Å². The van der Waals surface area contributed by atoms with Gasteiger partial charge in [-0.3, -0.25) is 4.79 Å². The number of carbonyl (C=O) groups excluding carboxylic acids is 1. The summed E-state index contributed by atoms with van der Waals surface area (Å²) in [5.41, 5.74) is 6.72. The highest BCUT2D eigenvalue weighted by Crippen LogP contribution is 2.39. The van der Waals surface area contributed by atoms with Crippen LogP contribution >= 0.6 is 0 Å². The first-order valence-corrected chi connectivity index (χ1v) is 21.2. The van der Waals surface area contributed by atoms with Gasteiger partial charge in [-0.15, -0.1) is 26.3 Å². The van der Waals surface area contributed by atoms with Crippen molar-refractivity contribution in [1.82, 2.24) is 5.32 Å². The molecule has 1 rings (SSSR count). The highest BCUT2D eigenvalue weighted by Gasteiger charge is 2.42. The molecule has 362 valence electrons. The number of unbranched alkanes of at least 4 members (excludes halogenated alkanes) is 11. The Morgan fingerprint density at radius 2 is 1.02 bits per heavy atom. The number of amides is 1. The lowest BCUT2D eigenvalue weighted by Gasteiger charge is -2.44. The van der Waals surface area contributed by atoms with Gasteiger partial charge in [0.05, 0.1) is 18.8 Å². The van der Waals surface area contributed by atoms with E-state index in [9.17, 15) is 4.79 Å². The third kappa shape index (κ3) is 26.2. The number of hydrogen-bond acceptors (Lipinski definition) is 4. The maximum atomic E-state index is 13.0. The van der Waals surface area contributed by atoms with Crippen LogP contribution < -0.4 is 11.1 Å². The summed E-state index contributed by atoms with van der Waals surface area (Å²) in [6.45, 7) is 20.1. The lowest BCUT2D eigenvalue weighted by Crippen LogP contribution is -2.52. The van der Waals surface area contributed by atoms with Crippen molar-refractivity contribution in [3.05, 3.63) is 50.6 Å². The molecular weight excluding hydrogens is 761 g/mol. The third-order valence-electron chi connectivity index (χ3n) is 9.43. The molecule has 2 unspecified atom stereocenters. The second-order valence-electron chi connectivity index (χ2n) is 13.9. The van der Waals surface area contributed by atoms with Crippen LogP contribution in [0.25, 0.3) is 0 Å². The minimum atomic E-state index is -0.622. The van der Waals surface area contributed by atoms with Crippen LogP contribution in [0.3, 0.4) is 0 Å². The van der Waals surface area contributed by atoms with Gasteiger partial charge >= 0.3 is 0 Å². The molecule has 0 aromatic carbocycles. The molecule has 3 N–H and O–H groups in total. The van der Waals surface area contributed by atoms with E-state index in [1.54, 1.807) is 6.92 Å². The van der Waals surface area contributed by atoms with Gasteiger partial charge < -0.3 is 20.5 Å². The third-order valence-corrected chi connectivity index (χ3v) is 9.43. The van der Waals surface area contributed by atoms with Gasteiger partial charge in [-0.25, -0.2) is 0 Å². The van der Waals surface area contributed by atoms with Gasteiger partial charge in [0.15, 0.2) is 6.29 Å². The number of hydrogen-bond donors (Lipinski definition) is 2. The van der Waals surface area contributed by atoms with E-state index in [1.165, 1.54) is 64.2 Å². The molecule has 0 spiro atoms. The smallest absolute Gasteiger partial charge is 0.297 e. The average molecular weight is 867 g/mol. The number of ether oxygens (including phenoxy) is 2. The molecule has 1 heterocycles. The molecular formula is C57H106N2O3. The van der Waals surface area contributed by atoms with Gasteiger partial charge in [-0.1, -0.05) is 114 Å². The van der Waals surface area contributed by atoms with Crippen molar-refractivity contribution in [1.29, 1.82) is 0 Å². The van der Waals surface area contributed by atoms with Crippen molar-refractivity contribution >= 4 is 5.91 Å². The van der Waals surface area contributed by atoms with Crippen molar-refractivity contribution in [2.75, 3.05) is 6.61 Å². The van der Waals surface area contributed by atoms with Gasteiger partial charge in [0.2, 0.25) is 0 Å². The fraction of sp³-hybridized carbons (Fsp3) is 0.421. The second kappa shape index (κ2) is 38.2. The van der Waals surface area contributed by atoms with Crippen molar-refractivity contribution in [2.24, 2.45) is 23.5 Å². The van der Waals surface area contributed by atoms with Crippen LogP contribution in [0.2, 0.25) is 0 Å². The van der Waals surface area contributed by atoms with Crippen LogP contribution in [0.5, 0.6) is 0 Å². The lowest BCUT2D eigenvalue weighted by molar-refractivity contribution is -0.235. The van der Waals surface area contributed by atoms with Crippen molar-refractivity contribution < 1.29 is 48.5 Å². The van der Waals surface area contributed by atoms with Gasteiger partial charge in [-0.2, -0.15) is 0 Å². The molecule has 1 aliphatic rings. The lowest BCUT2D eigenvalue weighted by atomic mass is 9.75. The zero-order valence-electron chi connectivity index (χ0n) is 36.6. The van der Waals surface area contributed by atoms with Gasteiger partial charge in [0, 0.05) is 93.6 Å². The summed E-state index contributed by atoms with van der Waals surface area (Å²) in [7, 11) is 0. The Morgan fingerprint density at radius 3 is 1.42 bits per heavy atom. The number of nitrogens with two attached hydrogens (primary N) is 1. The van der Waals surface area contributed by atoms with Crippen LogP contribution in [-0.2, 0) is 14.3 Å².